The van der Waals surface area contributed by atoms with Gasteiger partial charge in [-0.3, -0.25) is 0 Å². The third-order valence-corrected chi connectivity index (χ3v) is 4.74. The van der Waals surface area contributed by atoms with Gasteiger partial charge in [0.05, 0.1) is 12.1 Å². The number of hydrogen-bond donors (Lipinski definition) is 1. The first-order valence-electron chi connectivity index (χ1n) is 8.85. The molecule has 0 radical (unpaired) electrons. The summed E-state index contributed by atoms with van der Waals surface area (Å²) in [6, 6.07) is 18.1. The number of aromatic nitrogens is 5. The molecule has 3 heterocycles. The van der Waals surface area contributed by atoms with Gasteiger partial charge in [-0.1, -0.05) is 42.5 Å². The molecule has 0 atom stereocenters. The van der Waals surface area contributed by atoms with E-state index >= 15 is 0 Å². The maximum absolute atomic E-state index is 4.78. The van der Waals surface area contributed by atoms with Gasteiger partial charge in [0, 0.05) is 23.9 Å². The molecule has 4 aromatic rings. The van der Waals surface area contributed by atoms with Crippen LogP contribution in [0.15, 0.2) is 54.6 Å². The van der Waals surface area contributed by atoms with E-state index in [2.05, 4.69) is 20.1 Å². The Labute approximate surface area is 150 Å². The topological polar surface area (TPSA) is 68.5 Å². The Kier molecular flexibility index (Phi) is 3.59. The van der Waals surface area contributed by atoms with Gasteiger partial charge >= 0.3 is 0 Å². The fourth-order valence-electron chi connectivity index (χ4n) is 3.43. The summed E-state index contributed by atoms with van der Waals surface area (Å²) in [5, 5.41) is 13.1. The summed E-state index contributed by atoms with van der Waals surface area (Å²) in [6.45, 7) is 1.60. The summed E-state index contributed by atoms with van der Waals surface area (Å²) in [4.78, 5) is 9.51. The Bertz CT molecular complexity index is 1070. The van der Waals surface area contributed by atoms with E-state index in [0.29, 0.717) is 6.54 Å². The SMILES string of the molecule is c1ccc(-c2nc(NCc3nnc4n3CCC4)c3ccccc3n2)cc1. The molecule has 0 saturated carbocycles. The lowest BCUT2D eigenvalue weighted by molar-refractivity contribution is 0.695. The number of fused-ring (bicyclic) bond motifs is 2. The van der Waals surface area contributed by atoms with Crippen LogP contribution < -0.4 is 5.32 Å². The third kappa shape index (κ3) is 2.60. The lowest BCUT2D eigenvalue weighted by Crippen LogP contribution is -2.09. The Hall–Kier alpha value is -3.28. The Morgan fingerprint density at radius 3 is 2.69 bits per heavy atom. The lowest BCUT2D eigenvalue weighted by atomic mass is 10.2. The Morgan fingerprint density at radius 1 is 0.923 bits per heavy atom. The van der Waals surface area contributed by atoms with E-state index in [1.807, 2.05) is 54.6 Å². The third-order valence-electron chi connectivity index (χ3n) is 4.74. The molecule has 2 aromatic heterocycles. The molecular weight excluding hydrogens is 324 g/mol. The minimum atomic E-state index is 0.599. The quantitative estimate of drug-likeness (QED) is 0.615. The average Bonchev–Trinajstić information content (AvgIpc) is 3.31. The van der Waals surface area contributed by atoms with Gasteiger partial charge < -0.3 is 9.88 Å². The monoisotopic (exact) mass is 342 g/mol. The van der Waals surface area contributed by atoms with Crippen molar-refractivity contribution in [3.8, 4) is 11.4 Å². The summed E-state index contributed by atoms with van der Waals surface area (Å²) in [6.07, 6.45) is 2.16. The van der Waals surface area contributed by atoms with Crippen molar-refractivity contribution in [1.82, 2.24) is 24.7 Å². The normalized spacial score (nSPS) is 13.1. The van der Waals surface area contributed by atoms with Crippen molar-refractivity contribution >= 4 is 16.7 Å². The largest absolute Gasteiger partial charge is 0.362 e. The second kappa shape index (κ2) is 6.22. The number of aryl methyl sites for hydroxylation is 1. The van der Waals surface area contributed by atoms with E-state index in [-0.39, 0.29) is 0 Å². The minimum Gasteiger partial charge on any atom is -0.362 e. The van der Waals surface area contributed by atoms with Gasteiger partial charge in [-0.15, -0.1) is 10.2 Å². The van der Waals surface area contributed by atoms with E-state index in [9.17, 15) is 0 Å². The van der Waals surface area contributed by atoms with Gasteiger partial charge in [0.15, 0.2) is 11.6 Å². The molecule has 0 fully saturated rings. The number of anilines is 1. The summed E-state index contributed by atoms with van der Waals surface area (Å²) < 4.78 is 2.20. The smallest absolute Gasteiger partial charge is 0.162 e. The fourth-order valence-corrected chi connectivity index (χ4v) is 3.43. The first-order valence-corrected chi connectivity index (χ1v) is 8.85. The molecule has 2 aromatic carbocycles. The van der Waals surface area contributed by atoms with Crippen LogP contribution in [0.2, 0.25) is 0 Å². The number of hydrogen-bond acceptors (Lipinski definition) is 5. The number of benzene rings is 2. The van der Waals surface area contributed by atoms with Crippen LogP contribution in [0.3, 0.4) is 0 Å². The van der Waals surface area contributed by atoms with Gasteiger partial charge in [-0.2, -0.15) is 0 Å². The second-order valence-corrected chi connectivity index (χ2v) is 6.42. The van der Waals surface area contributed by atoms with Crippen LogP contribution >= 0.6 is 0 Å². The molecule has 1 N–H and O–H groups in total. The van der Waals surface area contributed by atoms with Crippen molar-refractivity contribution in [2.45, 2.75) is 25.9 Å². The van der Waals surface area contributed by atoms with Crippen LogP contribution in [0, 0.1) is 0 Å². The van der Waals surface area contributed by atoms with E-state index in [1.165, 1.54) is 0 Å². The highest BCUT2D eigenvalue weighted by Crippen LogP contribution is 2.25. The molecule has 0 unspecified atom stereocenters. The van der Waals surface area contributed by atoms with Crippen LogP contribution in [0.1, 0.15) is 18.1 Å². The van der Waals surface area contributed by atoms with Crippen molar-refractivity contribution in [3.05, 3.63) is 66.2 Å². The van der Waals surface area contributed by atoms with Gasteiger partial charge in [0.1, 0.15) is 11.6 Å². The predicted molar refractivity (Wildman–Crippen MR) is 101 cm³/mol. The van der Waals surface area contributed by atoms with Gasteiger partial charge in [0.25, 0.3) is 0 Å². The number of para-hydroxylation sites is 1. The maximum Gasteiger partial charge on any atom is 0.162 e. The zero-order valence-corrected chi connectivity index (χ0v) is 14.3. The molecule has 5 rings (SSSR count). The van der Waals surface area contributed by atoms with Crippen molar-refractivity contribution in [3.63, 3.8) is 0 Å². The van der Waals surface area contributed by atoms with Crippen LogP contribution in [-0.4, -0.2) is 24.7 Å². The number of rotatable bonds is 4. The summed E-state index contributed by atoms with van der Waals surface area (Å²) in [7, 11) is 0. The van der Waals surface area contributed by atoms with E-state index in [1.54, 1.807) is 0 Å². The first kappa shape index (κ1) is 15.0. The molecule has 0 spiro atoms. The lowest BCUT2D eigenvalue weighted by Gasteiger charge is -2.11. The van der Waals surface area contributed by atoms with Crippen LogP contribution in [0.25, 0.3) is 22.3 Å². The molecule has 6 nitrogen and oxygen atoms in total. The van der Waals surface area contributed by atoms with Crippen molar-refractivity contribution < 1.29 is 0 Å². The van der Waals surface area contributed by atoms with E-state index < -0.39 is 0 Å². The standard InChI is InChI=1S/C20H18N6/c1-2-7-14(8-3-1)19-22-16-10-5-4-9-15(16)20(23-19)21-13-18-25-24-17-11-6-12-26(17)18/h1-5,7-10H,6,11-13H2,(H,21,22,23). The summed E-state index contributed by atoms with van der Waals surface area (Å²) in [5.74, 6) is 3.59. The van der Waals surface area contributed by atoms with Crippen LogP contribution in [0.4, 0.5) is 5.82 Å². The Morgan fingerprint density at radius 2 is 1.77 bits per heavy atom. The van der Waals surface area contributed by atoms with Crippen molar-refractivity contribution in [2.24, 2.45) is 0 Å². The van der Waals surface area contributed by atoms with Crippen LogP contribution in [0.5, 0.6) is 0 Å². The van der Waals surface area contributed by atoms with Gasteiger partial charge in [0.2, 0.25) is 0 Å². The molecular formula is C20H18N6. The van der Waals surface area contributed by atoms with Gasteiger partial charge in [-0.05, 0) is 18.6 Å². The summed E-state index contributed by atoms with van der Waals surface area (Å²) in [5.41, 5.74) is 1.93. The average molecular weight is 342 g/mol. The molecule has 0 amide bonds. The second-order valence-electron chi connectivity index (χ2n) is 6.42. The minimum absolute atomic E-state index is 0.599. The van der Waals surface area contributed by atoms with Crippen LogP contribution in [-0.2, 0) is 19.5 Å². The van der Waals surface area contributed by atoms with Gasteiger partial charge in [-0.25, -0.2) is 9.97 Å². The van der Waals surface area contributed by atoms with E-state index in [0.717, 1.165) is 59.1 Å². The highest BCUT2D eigenvalue weighted by atomic mass is 15.3. The van der Waals surface area contributed by atoms with Crippen molar-refractivity contribution in [1.29, 1.82) is 0 Å². The zero-order valence-electron chi connectivity index (χ0n) is 14.3. The molecule has 0 saturated heterocycles. The predicted octanol–water partition coefficient (Wildman–Crippen LogP) is 3.45. The Balaban J connectivity index is 1.53. The highest BCUT2D eigenvalue weighted by molar-refractivity contribution is 5.90. The molecule has 0 bridgehead atoms. The molecule has 0 aliphatic carbocycles. The van der Waals surface area contributed by atoms with Crippen molar-refractivity contribution in [2.75, 3.05) is 5.32 Å². The fraction of sp³-hybridized carbons (Fsp3) is 0.200. The molecule has 26 heavy (non-hydrogen) atoms. The first-order chi connectivity index (χ1) is 12.9. The molecule has 1 aliphatic rings. The highest BCUT2D eigenvalue weighted by Gasteiger charge is 2.17. The molecule has 128 valence electrons. The van der Waals surface area contributed by atoms with E-state index in [4.69, 9.17) is 9.97 Å². The summed E-state index contributed by atoms with van der Waals surface area (Å²) >= 11 is 0. The molecule has 1 aliphatic heterocycles. The maximum atomic E-state index is 4.78. The zero-order chi connectivity index (χ0) is 17.3. The number of nitrogens with one attached hydrogen (secondary N) is 1. The molecule has 6 heteroatoms. The number of nitrogens with zero attached hydrogens (tertiary/aromatic N) is 5.